The van der Waals surface area contributed by atoms with Crippen molar-refractivity contribution in [3.63, 3.8) is 0 Å². The molecule has 2 heterocycles. The van der Waals surface area contributed by atoms with E-state index in [0.717, 1.165) is 10.8 Å². The first-order chi connectivity index (χ1) is 12.0. The van der Waals surface area contributed by atoms with Crippen LogP contribution in [0.2, 0.25) is 0 Å². The fraction of sp³-hybridized carbons (Fsp3) is 0.312. The van der Waals surface area contributed by atoms with Crippen molar-refractivity contribution in [3.05, 3.63) is 56.8 Å². The average Bonchev–Trinajstić information content (AvgIpc) is 3.06. The molecule has 9 heteroatoms. The maximum atomic E-state index is 14.3. The Morgan fingerprint density at radius 2 is 2.28 bits per heavy atom. The topological polar surface area (TPSA) is 93.5 Å². The molecule has 0 aliphatic carbocycles. The van der Waals surface area contributed by atoms with E-state index >= 15 is 0 Å². The highest BCUT2D eigenvalue weighted by molar-refractivity contribution is 9.10. The number of aliphatic hydroxyl groups excluding tert-OH is 1. The summed E-state index contributed by atoms with van der Waals surface area (Å²) in [7, 11) is 0. The van der Waals surface area contributed by atoms with Gasteiger partial charge in [0.15, 0.2) is 11.6 Å². The number of nitrogens with zero attached hydrogens (tertiary/aromatic N) is 2. The molecule has 1 saturated heterocycles. The van der Waals surface area contributed by atoms with Crippen LogP contribution in [0.4, 0.5) is 10.2 Å². The first kappa shape index (κ1) is 17.7. The number of hydrogen-bond donors (Lipinski definition) is 2. The van der Waals surface area contributed by atoms with Crippen molar-refractivity contribution < 1.29 is 19.0 Å². The van der Waals surface area contributed by atoms with Crippen molar-refractivity contribution in [2.24, 2.45) is 0 Å². The fourth-order valence-corrected chi connectivity index (χ4v) is 2.97. The summed E-state index contributed by atoms with van der Waals surface area (Å²) in [5.74, 6) is -1.87. The highest BCUT2D eigenvalue weighted by Crippen LogP contribution is 2.27. The predicted octanol–water partition coefficient (Wildman–Crippen LogP) is 2.07. The molecule has 3 rings (SSSR count). The summed E-state index contributed by atoms with van der Waals surface area (Å²) >= 11 is 3.25. The number of halogens is 2. The lowest BCUT2D eigenvalue weighted by atomic mass is 10.2. The van der Waals surface area contributed by atoms with E-state index in [-0.39, 0.29) is 12.7 Å². The number of aromatic nitrogens is 2. The van der Waals surface area contributed by atoms with E-state index in [1.54, 1.807) is 24.3 Å². The second-order valence-corrected chi connectivity index (χ2v) is 6.48. The summed E-state index contributed by atoms with van der Waals surface area (Å²) in [5, 5.41) is 11.4. The van der Waals surface area contributed by atoms with E-state index < -0.39 is 29.5 Å². The van der Waals surface area contributed by atoms with Crippen LogP contribution >= 0.6 is 15.9 Å². The number of carbonyl (C=O) groups is 1. The van der Waals surface area contributed by atoms with Crippen molar-refractivity contribution in [3.8, 4) is 0 Å². The number of ether oxygens (including phenoxy) is 1. The Morgan fingerprint density at radius 1 is 1.48 bits per heavy atom. The van der Waals surface area contributed by atoms with Crippen LogP contribution in [-0.4, -0.2) is 33.3 Å². The second kappa shape index (κ2) is 7.42. The number of anilines is 1. The number of amides is 1. The van der Waals surface area contributed by atoms with Gasteiger partial charge in [-0.05, 0) is 31.0 Å². The third-order valence-corrected chi connectivity index (χ3v) is 4.32. The zero-order chi connectivity index (χ0) is 18.0. The number of benzene rings is 1. The predicted molar refractivity (Wildman–Crippen MR) is 90.8 cm³/mol. The highest BCUT2D eigenvalue weighted by Gasteiger charge is 2.27. The molecular formula is C16H15BrFN3O4. The van der Waals surface area contributed by atoms with Crippen molar-refractivity contribution in [1.82, 2.24) is 9.55 Å². The van der Waals surface area contributed by atoms with Gasteiger partial charge in [0.25, 0.3) is 5.91 Å². The molecule has 7 nitrogen and oxygen atoms in total. The Hall–Kier alpha value is -2.10. The maximum absolute atomic E-state index is 14.3. The molecule has 2 aromatic rings. The zero-order valence-corrected chi connectivity index (χ0v) is 14.6. The largest absolute Gasteiger partial charge is 0.394 e. The van der Waals surface area contributed by atoms with Gasteiger partial charge < -0.3 is 15.2 Å². The van der Waals surface area contributed by atoms with E-state index in [4.69, 9.17) is 9.84 Å². The number of rotatable bonds is 4. The van der Waals surface area contributed by atoms with E-state index in [1.807, 2.05) is 0 Å². The quantitative estimate of drug-likeness (QED) is 0.802. The van der Waals surface area contributed by atoms with Crippen molar-refractivity contribution in [2.45, 2.75) is 25.2 Å². The van der Waals surface area contributed by atoms with Gasteiger partial charge in [0.1, 0.15) is 6.23 Å². The van der Waals surface area contributed by atoms with Crippen LogP contribution in [0.25, 0.3) is 0 Å². The van der Waals surface area contributed by atoms with Gasteiger partial charge in [0.05, 0.1) is 18.9 Å². The van der Waals surface area contributed by atoms with Gasteiger partial charge in [-0.15, -0.1) is 0 Å². The summed E-state index contributed by atoms with van der Waals surface area (Å²) in [6, 6.07) is 6.53. The second-order valence-electron chi connectivity index (χ2n) is 5.56. The van der Waals surface area contributed by atoms with Crippen LogP contribution < -0.4 is 11.0 Å². The average molecular weight is 412 g/mol. The number of nitrogens with one attached hydrogen (secondary N) is 1. The van der Waals surface area contributed by atoms with Crippen molar-refractivity contribution >= 4 is 27.7 Å². The van der Waals surface area contributed by atoms with E-state index in [2.05, 4.69) is 26.2 Å². The summed E-state index contributed by atoms with van der Waals surface area (Å²) in [4.78, 5) is 27.9. The summed E-state index contributed by atoms with van der Waals surface area (Å²) in [6.45, 7) is -0.165. The SMILES string of the molecule is O=C(Nc1nc(=O)n([C@H]2CC[C@@H](CO)O2)cc1F)c1cccc(Br)c1. The van der Waals surface area contributed by atoms with Gasteiger partial charge in [-0.2, -0.15) is 4.98 Å². The van der Waals surface area contributed by atoms with Gasteiger partial charge in [-0.3, -0.25) is 9.36 Å². The van der Waals surface area contributed by atoms with Crippen molar-refractivity contribution in [1.29, 1.82) is 0 Å². The molecule has 1 fully saturated rings. The zero-order valence-electron chi connectivity index (χ0n) is 13.0. The molecule has 0 spiro atoms. The molecule has 0 radical (unpaired) electrons. The third-order valence-electron chi connectivity index (χ3n) is 3.82. The number of aliphatic hydroxyl groups is 1. The van der Waals surface area contributed by atoms with Gasteiger partial charge >= 0.3 is 5.69 Å². The van der Waals surface area contributed by atoms with Crippen LogP contribution in [0.1, 0.15) is 29.4 Å². The normalized spacial score (nSPS) is 19.8. The third kappa shape index (κ3) is 3.94. The lowest BCUT2D eigenvalue weighted by Crippen LogP contribution is -2.30. The van der Waals surface area contributed by atoms with Gasteiger partial charge in [-0.25, -0.2) is 9.18 Å². The molecule has 1 amide bonds. The minimum atomic E-state index is -0.848. The standard InChI is InChI=1S/C16H15BrFN3O4/c17-10-3-1-2-9(6-10)15(23)19-14-12(18)7-21(16(24)20-14)13-5-4-11(8-22)25-13/h1-3,6-7,11,13,22H,4-5,8H2,(H,19,20,23,24)/t11-,13+/m0/s1. The van der Waals surface area contributed by atoms with Crippen LogP contribution in [0.15, 0.2) is 39.7 Å². The van der Waals surface area contributed by atoms with Crippen LogP contribution in [0, 0.1) is 5.82 Å². The molecule has 2 atom stereocenters. The number of hydrogen-bond acceptors (Lipinski definition) is 5. The Bertz CT molecular complexity index is 858. The molecule has 1 aliphatic heterocycles. The Kier molecular flexibility index (Phi) is 5.26. The summed E-state index contributed by atoms with van der Waals surface area (Å²) in [5.41, 5.74) is -0.445. The Morgan fingerprint density at radius 3 is 2.96 bits per heavy atom. The molecule has 25 heavy (non-hydrogen) atoms. The minimum Gasteiger partial charge on any atom is -0.394 e. The lowest BCUT2D eigenvalue weighted by molar-refractivity contribution is -0.0249. The van der Waals surface area contributed by atoms with Crippen LogP contribution in [0.3, 0.4) is 0 Å². The van der Waals surface area contributed by atoms with Crippen LogP contribution in [0.5, 0.6) is 0 Å². The Labute approximate surface area is 150 Å². The molecule has 0 bridgehead atoms. The van der Waals surface area contributed by atoms with Gasteiger partial charge in [0, 0.05) is 10.0 Å². The molecule has 2 N–H and O–H groups in total. The lowest BCUT2D eigenvalue weighted by Gasteiger charge is -2.15. The molecule has 132 valence electrons. The first-order valence-electron chi connectivity index (χ1n) is 7.60. The molecular weight excluding hydrogens is 397 g/mol. The van der Waals surface area contributed by atoms with E-state index in [1.165, 1.54) is 0 Å². The molecule has 0 saturated carbocycles. The smallest absolute Gasteiger partial charge is 0.351 e. The first-order valence-corrected chi connectivity index (χ1v) is 8.39. The van der Waals surface area contributed by atoms with E-state index in [9.17, 15) is 14.0 Å². The minimum absolute atomic E-state index is 0.165. The highest BCUT2D eigenvalue weighted by atomic mass is 79.9. The summed E-state index contributed by atoms with van der Waals surface area (Å²) in [6.07, 6.45) is 0.931. The van der Waals surface area contributed by atoms with E-state index in [0.29, 0.717) is 22.9 Å². The maximum Gasteiger partial charge on any atom is 0.351 e. The van der Waals surface area contributed by atoms with Crippen LogP contribution in [-0.2, 0) is 4.74 Å². The monoisotopic (exact) mass is 411 g/mol. The van der Waals surface area contributed by atoms with Gasteiger partial charge in [0.2, 0.25) is 0 Å². The number of carbonyl (C=O) groups excluding carboxylic acids is 1. The molecule has 1 aliphatic rings. The molecule has 1 aromatic heterocycles. The van der Waals surface area contributed by atoms with Gasteiger partial charge in [-0.1, -0.05) is 22.0 Å². The fourth-order valence-electron chi connectivity index (χ4n) is 2.57. The molecule has 0 unspecified atom stereocenters. The summed E-state index contributed by atoms with van der Waals surface area (Å²) < 4.78 is 21.4. The van der Waals surface area contributed by atoms with Crippen molar-refractivity contribution in [2.75, 3.05) is 11.9 Å². The Balaban J connectivity index is 1.81. The molecule has 1 aromatic carbocycles.